The number of nitrogens with zero attached hydrogens (tertiary/aromatic N) is 3. The van der Waals surface area contributed by atoms with Crippen molar-refractivity contribution in [2.45, 2.75) is 6.10 Å². The molecule has 2 rings (SSSR count). The molecule has 208 valence electrons. The molecule has 0 radical (unpaired) electrons. The van der Waals surface area contributed by atoms with Crippen molar-refractivity contribution in [1.82, 2.24) is 15.1 Å². The highest BCUT2D eigenvalue weighted by molar-refractivity contribution is 5.69. The molecule has 1 aromatic carbocycles. The van der Waals surface area contributed by atoms with Crippen LogP contribution in [0.15, 0.2) is 24.3 Å². The highest BCUT2D eigenvalue weighted by Gasteiger charge is 2.34. The van der Waals surface area contributed by atoms with E-state index in [1.807, 2.05) is 0 Å². The van der Waals surface area contributed by atoms with E-state index < -0.39 is 24.0 Å². The number of hydrogen-bond donors (Lipinski definition) is 5. The Morgan fingerprint density at radius 2 is 1.49 bits per heavy atom. The molecule has 0 aromatic heterocycles. The summed E-state index contributed by atoms with van der Waals surface area (Å²) in [6.45, 7) is 2.42. The van der Waals surface area contributed by atoms with Gasteiger partial charge in [0.1, 0.15) is 30.8 Å². The van der Waals surface area contributed by atoms with E-state index >= 15 is 0 Å². The minimum absolute atomic E-state index is 0.0322. The summed E-state index contributed by atoms with van der Waals surface area (Å²) in [5.41, 5.74) is 0. The van der Waals surface area contributed by atoms with Crippen LogP contribution in [0.25, 0.3) is 0 Å². The van der Waals surface area contributed by atoms with Crippen molar-refractivity contribution in [2.24, 2.45) is 0 Å². The second-order valence-corrected chi connectivity index (χ2v) is 9.25. The Morgan fingerprint density at radius 3 is 2.05 bits per heavy atom. The molecule has 0 bridgehead atoms. The van der Waals surface area contributed by atoms with Gasteiger partial charge in [-0.2, -0.15) is 0 Å². The third-order valence-corrected chi connectivity index (χ3v) is 6.28. The number of hydrogen-bond acceptors (Lipinski definition) is 9. The number of quaternary nitrogens is 1. The number of aliphatic carboxylic acids is 3. The molecule has 0 aliphatic carbocycles. The minimum atomic E-state index is -1.03. The van der Waals surface area contributed by atoms with E-state index in [4.69, 9.17) is 9.47 Å². The molecule has 5 N–H and O–H groups in total. The maximum absolute atomic E-state index is 11.8. The second-order valence-electron chi connectivity index (χ2n) is 9.25. The van der Waals surface area contributed by atoms with Crippen LogP contribution < -0.4 is 14.8 Å². The van der Waals surface area contributed by atoms with Gasteiger partial charge in [0.2, 0.25) is 0 Å². The molecular formula is C24H39N4O9+. The van der Waals surface area contributed by atoms with Crippen molar-refractivity contribution in [3.8, 4) is 11.5 Å². The van der Waals surface area contributed by atoms with Crippen molar-refractivity contribution in [2.75, 3.05) is 92.3 Å². The third kappa shape index (κ3) is 11.7. The quantitative estimate of drug-likeness (QED) is 0.204. The Balaban J connectivity index is 2.13. The summed E-state index contributed by atoms with van der Waals surface area (Å²) in [6, 6.07) is 6.89. The minimum Gasteiger partial charge on any atom is -0.497 e. The number of carboxylic acid groups (broad SMARTS) is 3. The fourth-order valence-corrected chi connectivity index (χ4v) is 4.41. The van der Waals surface area contributed by atoms with E-state index in [-0.39, 0.29) is 43.8 Å². The van der Waals surface area contributed by atoms with Crippen molar-refractivity contribution >= 4 is 17.9 Å². The molecule has 1 aromatic rings. The van der Waals surface area contributed by atoms with Gasteiger partial charge in [-0.25, -0.2) is 4.79 Å². The van der Waals surface area contributed by atoms with Gasteiger partial charge in [-0.15, -0.1) is 0 Å². The first-order valence-electron chi connectivity index (χ1n) is 12.2. The van der Waals surface area contributed by atoms with E-state index in [1.165, 1.54) is 0 Å². The fourth-order valence-electron chi connectivity index (χ4n) is 4.41. The number of nitrogens with one attached hydrogen (secondary N) is 1. The lowest BCUT2D eigenvalue weighted by atomic mass is 10.2. The molecule has 1 aliphatic rings. The van der Waals surface area contributed by atoms with E-state index in [1.54, 1.807) is 41.2 Å². The van der Waals surface area contributed by atoms with Crippen LogP contribution in [0.5, 0.6) is 11.5 Å². The number of benzene rings is 1. The second kappa shape index (κ2) is 15.3. The molecule has 13 heteroatoms. The average Bonchev–Trinajstić information content (AvgIpc) is 2.82. The van der Waals surface area contributed by atoms with E-state index in [9.17, 15) is 34.8 Å². The van der Waals surface area contributed by atoms with Crippen molar-refractivity contribution in [1.29, 1.82) is 0 Å². The van der Waals surface area contributed by atoms with Gasteiger partial charge in [-0.05, 0) is 24.3 Å². The lowest BCUT2D eigenvalue weighted by Crippen LogP contribution is -2.61. The number of carboxylic acids is 3. The number of rotatable bonds is 12. The Kier molecular flexibility index (Phi) is 12.5. The van der Waals surface area contributed by atoms with Crippen LogP contribution in [0.4, 0.5) is 0 Å². The van der Waals surface area contributed by atoms with Gasteiger partial charge < -0.3 is 39.7 Å². The van der Waals surface area contributed by atoms with Gasteiger partial charge in [0, 0.05) is 39.3 Å². The van der Waals surface area contributed by atoms with Gasteiger partial charge in [-0.3, -0.25) is 19.4 Å². The van der Waals surface area contributed by atoms with Gasteiger partial charge >= 0.3 is 17.9 Å². The maximum atomic E-state index is 11.8. The lowest BCUT2D eigenvalue weighted by molar-refractivity contribution is -0.922. The molecular weight excluding hydrogens is 488 g/mol. The topological polar surface area (TPSA) is 169 Å². The third-order valence-electron chi connectivity index (χ3n) is 6.28. The zero-order chi connectivity index (χ0) is 27.3. The molecule has 13 nitrogen and oxygen atoms in total. The Hall–Kier alpha value is -2.97. The first-order chi connectivity index (χ1) is 17.6. The van der Waals surface area contributed by atoms with Crippen molar-refractivity contribution < 1.29 is 48.8 Å². The van der Waals surface area contributed by atoms with Crippen molar-refractivity contribution in [3.05, 3.63) is 24.3 Å². The number of methoxy groups -OCH3 is 1. The number of ether oxygens (including phenoxy) is 2. The maximum Gasteiger partial charge on any atom is 0.359 e. The molecule has 0 saturated carbocycles. The molecule has 1 aliphatic heterocycles. The summed E-state index contributed by atoms with van der Waals surface area (Å²) in [4.78, 5) is 37.9. The number of aliphatic hydroxyl groups excluding tert-OH is 1. The first kappa shape index (κ1) is 30.3. The Morgan fingerprint density at radius 1 is 0.892 bits per heavy atom. The zero-order valence-corrected chi connectivity index (χ0v) is 21.3. The normalized spacial score (nSPS) is 21.2. The lowest BCUT2D eigenvalue weighted by Gasteiger charge is -2.40. The van der Waals surface area contributed by atoms with Gasteiger partial charge in [-0.1, -0.05) is 0 Å². The molecule has 1 saturated heterocycles. The van der Waals surface area contributed by atoms with Crippen LogP contribution in [0.2, 0.25) is 0 Å². The van der Waals surface area contributed by atoms with Gasteiger partial charge in [0.25, 0.3) is 0 Å². The highest BCUT2D eigenvalue weighted by atomic mass is 16.5. The predicted molar refractivity (Wildman–Crippen MR) is 133 cm³/mol. The number of aliphatic hydroxyl groups is 1. The average molecular weight is 528 g/mol. The van der Waals surface area contributed by atoms with Gasteiger partial charge in [0.15, 0.2) is 6.54 Å². The van der Waals surface area contributed by atoms with Crippen LogP contribution in [-0.4, -0.2) is 151 Å². The summed E-state index contributed by atoms with van der Waals surface area (Å²) in [5.74, 6) is -1.79. The van der Waals surface area contributed by atoms with Crippen LogP contribution >= 0.6 is 0 Å². The van der Waals surface area contributed by atoms with E-state index in [0.717, 1.165) is 0 Å². The van der Waals surface area contributed by atoms with E-state index in [2.05, 4.69) is 5.32 Å². The molecule has 1 heterocycles. The summed E-state index contributed by atoms with van der Waals surface area (Å²) < 4.78 is 10.8. The van der Waals surface area contributed by atoms with Crippen LogP contribution in [0.1, 0.15) is 0 Å². The molecule has 37 heavy (non-hydrogen) atoms. The zero-order valence-electron chi connectivity index (χ0n) is 21.3. The van der Waals surface area contributed by atoms with Crippen LogP contribution in [0.3, 0.4) is 0 Å². The van der Waals surface area contributed by atoms with Crippen LogP contribution in [0, 0.1) is 0 Å². The molecule has 2 unspecified atom stereocenters. The Bertz CT molecular complexity index is 870. The molecule has 1 fully saturated rings. The van der Waals surface area contributed by atoms with Crippen molar-refractivity contribution in [3.63, 3.8) is 0 Å². The highest BCUT2D eigenvalue weighted by Crippen LogP contribution is 2.18. The predicted octanol–water partition coefficient (Wildman–Crippen LogP) is -1.29. The fraction of sp³-hybridized carbons (Fsp3) is 0.625. The molecule has 0 spiro atoms. The standard InChI is InChI=1S/C24H38N4O9/c1-36-20-2-4-21(5-3-20)37-18-19(29)16-28(17-24(34)35)12-7-25-6-8-26(14-22(30)31)9-10-27(11-13-28)15-23(32)33/h2-5,19,25,29H,6-18H2,1H3,(H2-,30,31,32,33,34,35)/p+1. The monoisotopic (exact) mass is 527 g/mol. The first-order valence-corrected chi connectivity index (χ1v) is 12.2. The largest absolute Gasteiger partial charge is 0.497 e. The number of carbonyl (C=O) groups is 3. The summed E-state index contributed by atoms with van der Waals surface area (Å²) in [7, 11) is 1.56. The van der Waals surface area contributed by atoms with Gasteiger partial charge in [0.05, 0.1) is 33.3 Å². The Labute approximate surface area is 216 Å². The van der Waals surface area contributed by atoms with Crippen LogP contribution in [-0.2, 0) is 14.4 Å². The summed E-state index contributed by atoms with van der Waals surface area (Å²) >= 11 is 0. The summed E-state index contributed by atoms with van der Waals surface area (Å²) in [5, 5.41) is 42.3. The molecule has 2 atom stereocenters. The van der Waals surface area contributed by atoms with E-state index in [0.29, 0.717) is 57.3 Å². The SMILES string of the molecule is COc1ccc(OCC(O)C[N+]2(CC(=O)O)CCNCCN(CC(=O)O)CCN(CC(=O)O)CC2)cc1. The molecule has 0 amide bonds. The smallest absolute Gasteiger partial charge is 0.359 e. The summed E-state index contributed by atoms with van der Waals surface area (Å²) in [6.07, 6.45) is -0.965.